The summed E-state index contributed by atoms with van der Waals surface area (Å²) in [6, 6.07) is 11.4. The molecule has 3 heterocycles. The van der Waals surface area contributed by atoms with Crippen LogP contribution in [0, 0.1) is 6.92 Å². The second-order valence-corrected chi connectivity index (χ2v) is 7.37. The highest BCUT2D eigenvalue weighted by Gasteiger charge is 2.16. The van der Waals surface area contributed by atoms with Crippen LogP contribution in [0.25, 0.3) is 5.69 Å². The minimum atomic E-state index is -0.158. The number of hydrogen-bond acceptors (Lipinski definition) is 4. The molecule has 1 N–H and O–H groups in total. The Kier molecular flexibility index (Phi) is 5.30. The standard InChI is InChI=1S/C21H22ClN5O/c1-15-19(14-25-27(15)18-6-4-5-17(22)11-18)21(28)24-13-16-7-8-20(23-12-16)26-9-2-3-10-26/h4-8,11-12,14H,2-3,9-10,13H2,1H3,(H,24,28). The lowest BCUT2D eigenvalue weighted by molar-refractivity contribution is 0.0950. The van der Waals surface area contributed by atoms with Crippen LogP contribution in [0.4, 0.5) is 5.82 Å². The number of amides is 1. The second kappa shape index (κ2) is 8.02. The quantitative estimate of drug-likeness (QED) is 0.714. The van der Waals surface area contributed by atoms with Crippen LogP contribution in [0.2, 0.25) is 5.02 Å². The van der Waals surface area contributed by atoms with E-state index in [9.17, 15) is 4.79 Å². The Morgan fingerprint density at radius 2 is 2.00 bits per heavy atom. The first kappa shape index (κ1) is 18.5. The van der Waals surface area contributed by atoms with Gasteiger partial charge in [-0.25, -0.2) is 9.67 Å². The number of nitrogens with zero attached hydrogens (tertiary/aromatic N) is 4. The van der Waals surface area contributed by atoms with Crippen molar-refractivity contribution >= 4 is 23.3 Å². The molecule has 0 atom stereocenters. The van der Waals surface area contributed by atoms with Crippen molar-refractivity contribution in [1.29, 1.82) is 0 Å². The fourth-order valence-electron chi connectivity index (χ4n) is 3.43. The smallest absolute Gasteiger partial charge is 0.255 e. The summed E-state index contributed by atoms with van der Waals surface area (Å²) in [6.07, 6.45) is 5.86. The molecule has 144 valence electrons. The van der Waals surface area contributed by atoms with Crippen molar-refractivity contribution in [3.8, 4) is 5.69 Å². The van der Waals surface area contributed by atoms with Crippen LogP contribution in [0.3, 0.4) is 0 Å². The van der Waals surface area contributed by atoms with Gasteiger partial charge in [-0.15, -0.1) is 0 Å². The van der Waals surface area contributed by atoms with Crippen LogP contribution in [0.1, 0.15) is 34.5 Å². The molecule has 1 aromatic carbocycles. The average molecular weight is 396 g/mol. The SMILES string of the molecule is Cc1c(C(=O)NCc2ccc(N3CCCC3)nc2)cnn1-c1cccc(Cl)c1. The van der Waals surface area contributed by atoms with Gasteiger partial charge in [0.1, 0.15) is 5.82 Å². The topological polar surface area (TPSA) is 63.1 Å². The molecule has 0 saturated carbocycles. The monoisotopic (exact) mass is 395 g/mol. The maximum Gasteiger partial charge on any atom is 0.255 e. The zero-order chi connectivity index (χ0) is 19.5. The van der Waals surface area contributed by atoms with Crippen molar-refractivity contribution in [3.05, 3.63) is 70.6 Å². The summed E-state index contributed by atoms with van der Waals surface area (Å²) in [5.74, 6) is 0.848. The number of rotatable bonds is 5. The first-order valence-electron chi connectivity index (χ1n) is 9.40. The number of aromatic nitrogens is 3. The lowest BCUT2D eigenvalue weighted by Crippen LogP contribution is -2.23. The molecule has 1 aliphatic heterocycles. The van der Waals surface area contributed by atoms with E-state index in [1.54, 1.807) is 16.9 Å². The summed E-state index contributed by atoms with van der Waals surface area (Å²) in [7, 11) is 0. The highest BCUT2D eigenvalue weighted by molar-refractivity contribution is 6.30. The van der Waals surface area contributed by atoms with E-state index in [1.165, 1.54) is 12.8 Å². The first-order chi connectivity index (χ1) is 13.6. The van der Waals surface area contributed by atoms with Gasteiger partial charge in [0.25, 0.3) is 5.91 Å². The van der Waals surface area contributed by atoms with Crippen LogP contribution < -0.4 is 10.2 Å². The Bertz CT molecular complexity index is 977. The molecule has 0 unspecified atom stereocenters. The predicted octanol–water partition coefficient (Wildman–Crippen LogP) is 3.76. The minimum absolute atomic E-state index is 0.158. The number of nitrogens with one attached hydrogen (secondary N) is 1. The second-order valence-electron chi connectivity index (χ2n) is 6.94. The molecular weight excluding hydrogens is 374 g/mol. The Morgan fingerprint density at radius 3 is 2.71 bits per heavy atom. The summed E-state index contributed by atoms with van der Waals surface area (Å²) >= 11 is 6.06. The van der Waals surface area contributed by atoms with Crippen molar-refractivity contribution in [2.24, 2.45) is 0 Å². The zero-order valence-corrected chi connectivity index (χ0v) is 16.5. The molecule has 0 radical (unpaired) electrons. The van der Waals surface area contributed by atoms with E-state index in [-0.39, 0.29) is 5.91 Å². The first-order valence-corrected chi connectivity index (χ1v) is 9.78. The molecule has 0 aliphatic carbocycles. The van der Waals surface area contributed by atoms with Crippen molar-refractivity contribution in [3.63, 3.8) is 0 Å². The molecular formula is C21H22ClN5O. The zero-order valence-electron chi connectivity index (χ0n) is 15.7. The lowest BCUT2D eigenvalue weighted by atomic mass is 10.2. The van der Waals surface area contributed by atoms with Gasteiger partial charge < -0.3 is 10.2 Å². The summed E-state index contributed by atoms with van der Waals surface area (Å²) < 4.78 is 1.72. The molecule has 0 spiro atoms. The van der Waals surface area contributed by atoms with Gasteiger partial charge >= 0.3 is 0 Å². The van der Waals surface area contributed by atoms with Crippen LogP contribution in [0.15, 0.2) is 48.8 Å². The van der Waals surface area contributed by atoms with Gasteiger partial charge in [0, 0.05) is 30.9 Å². The van der Waals surface area contributed by atoms with E-state index in [4.69, 9.17) is 11.6 Å². The highest BCUT2D eigenvalue weighted by Crippen LogP contribution is 2.19. The largest absolute Gasteiger partial charge is 0.357 e. The van der Waals surface area contributed by atoms with Gasteiger partial charge in [-0.1, -0.05) is 23.7 Å². The molecule has 0 bridgehead atoms. The molecule has 1 saturated heterocycles. The van der Waals surface area contributed by atoms with E-state index >= 15 is 0 Å². The van der Waals surface area contributed by atoms with Crippen molar-refractivity contribution in [2.75, 3.05) is 18.0 Å². The van der Waals surface area contributed by atoms with Gasteiger partial charge in [-0.3, -0.25) is 4.79 Å². The maximum atomic E-state index is 12.6. The van der Waals surface area contributed by atoms with Crippen molar-refractivity contribution in [2.45, 2.75) is 26.3 Å². The Balaban J connectivity index is 1.41. The fourth-order valence-corrected chi connectivity index (χ4v) is 3.62. The molecule has 2 aromatic heterocycles. The third-order valence-corrected chi connectivity index (χ3v) is 5.23. The van der Waals surface area contributed by atoms with E-state index in [0.29, 0.717) is 17.1 Å². The molecule has 6 nitrogen and oxygen atoms in total. The van der Waals surface area contributed by atoms with Gasteiger partial charge in [0.15, 0.2) is 0 Å². The number of pyridine rings is 1. The Morgan fingerprint density at radius 1 is 1.18 bits per heavy atom. The molecule has 7 heteroatoms. The number of benzene rings is 1. The summed E-state index contributed by atoms with van der Waals surface area (Å²) in [6.45, 7) is 4.43. The summed E-state index contributed by atoms with van der Waals surface area (Å²) in [5.41, 5.74) is 3.10. The lowest BCUT2D eigenvalue weighted by Gasteiger charge is -2.16. The minimum Gasteiger partial charge on any atom is -0.357 e. The summed E-state index contributed by atoms with van der Waals surface area (Å²) in [4.78, 5) is 19.4. The number of halogens is 1. The van der Waals surface area contributed by atoms with Gasteiger partial charge in [-0.05, 0) is 49.6 Å². The van der Waals surface area contributed by atoms with Crippen molar-refractivity contribution in [1.82, 2.24) is 20.1 Å². The normalized spacial score (nSPS) is 13.7. The molecule has 1 amide bonds. The molecule has 1 aliphatic rings. The predicted molar refractivity (Wildman–Crippen MR) is 110 cm³/mol. The molecule has 3 aromatic rings. The van der Waals surface area contributed by atoms with E-state index in [1.807, 2.05) is 43.5 Å². The Hall–Kier alpha value is -2.86. The highest BCUT2D eigenvalue weighted by atomic mass is 35.5. The van der Waals surface area contributed by atoms with Crippen LogP contribution in [-0.2, 0) is 6.54 Å². The van der Waals surface area contributed by atoms with Gasteiger partial charge in [-0.2, -0.15) is 5.10 Å². The third kappa shape index (κ3) is 3.87. The van der Waals surface area contributed by atoms with Gasteiger partial charge in [0.2, 0.25) is 0 Å². The maximum absolute atomic E-state index is 12.6. The van der Waals surface area contributed by atoms with Gasteiger partial charge in [0.05, 0.1) is 23.1 Å². The third-order valence-electron chi connectivity index (χ3n) is 5.00. The molecule has 4 rings (SSSR count). The average Bonchev–Trinajstić information content (AvgIpc) is 3.36. The molecule has 28 heavy (non-hydrogen) atoms. The fraction of sp³-hybridized carbons (Fsp3) is 0.286. The number of carbonyl (C=O) groups excluding carboxylic acids is 1. The van der Waals surface area contributed by atoms with Crippen LogP contribution >= 0.6 is 11.6 Å². The van der Waals surface area contributed by atoms with E-state index < -0.39 is 0 Å². The number of carbonyl (C=O) groups is 1. The van der Waals surface area contributed by atoms with E-state index in [2.05, 4.69) is 20.3 Å². The van der Waals surface area contributed by atoms with E-state index in [0.717, 1.165) is 35.9 Å². The Labute approximate surface area is 169 Å². The van der Waals surface area contributed by atoms with Crippen LogP contribution in [0.5, 0.6) is 0 Å². The number of anilines is 1. The van der Waals surface area contributed by atoms with Crippen molar-refractivity contribution < 1.29 is 4.79 Å². The van der Waals surface area contributed by atoms with Crippen LogP contribution in [-0.4, -0.2) is 33.8 Å². The molecule has 1 fully saturated rings. The summed E-state index contributed by atoms with van der Waals surface area (Å²) in [5, 5.41) is 7.92. The number of hydrogen-bond donors (Lipinski definition) is 1.